The third kappa shape index (κ3) is 3.49. The highest BCUT2D eigenvalue weighted by Crippen LogP contribution is 2.21. The Kier molecular flexibility index (Phi) is 4.96. The van der Waals surface area contributed by atoms with Gasteiger partial charge >= 0.3 is 0 Å². The van der Waals surface area contributed by atoms with E-state index in [1.165, 1.54) is 35.4 Å². The minimum Gasteiger partial charge on any atom is -0.376 e. The summed E-state index contributed by atoms with van der Waals surface area (Å²) in [5, 5.41) is 2.46. The highest BCUT2D eigenvalue weighted by molar-refractivity contribution is 7.80. The molecule has 0 aromatic heterocycles. The molecule has 8 heteroatoms. The molecular weight excluding hydrogens is 333 g/mol. The summed E-state index contributed by atoms with van der Waals surface area (Å²) in [6.45, 7) is 1.13. The van der Waals surface area contributed by atoms with Gasteiger partial charge < -0.3 is 10.1 Å². The van der Waals surface area contributed by atoms with Crippen molar-refractivity contribution in [2.75, 3.05) is 18.1 Å². The molecule has 1 aromatic carbocycles. The summed E-state index contributed by atoms with van der Waals surface area (Å²) in [5.41, 5.74) is 0.393. The molecule has 0 saturated carbocycles. The van der Waals surface area contributed by atoms with E-state index >= 15 is 0 Å². The zero-order chi connectivity index (χ0) is 17.1. The lowest BCUT2D eigenvalue weighted by Gasteiger charge is -2.30. The Balaban J connectivity index is 1.75. The van der Waals surface area contributed by atoms with E-state index in [-0.39, 0.29) is 11.2 Å². The van der Waals surface area contributed by atoms with Crippen LogP contribution in [0.1, 0.15) is 12.8 Å². The number of benzene rings is 1. The number of anilines is 1. The molecular formula is C16H16FN3O3S. The Bertz CT molecular complexity index is 686. The number of hydrogen-bond acceptors (Lipinski definition) is 5. The summed E-state index contributed by atoms with van der Waals surface area (Å²) < 4.78 is 18.5. The van der Waals surface area contributed by atoms with Gasteiger partial charge in [-0.1, -0.05) is 0 Å². The largest absolute Gasteiger partial charge is 0.376 e. The highest BCUT2D eigenvalue weighted by atomic mass is 32.1. The molecule has 2 aliphatic heterocycles. The molecule has 2 atom stereocenters. The Labute approximate surface area is 143 Å². The van der Waals surface area contributed by atoms with Gasteiger partial charge in [-0.25, -0.2) is 4.39 Å². The summed E-state index contributed by atoms with van der Waals surface area (Å²) in [5.74, 6) is -2.51. The molecule has 0 aliphatic carbocycles. The van der Waals surface area contributed by atoms with Gasteiger partial charge in [-0.3, -0.25) is 19.5 Å². The molecule has 126 valence electrons. The van der Waals surface area contributed by atoms with Crippen LogP contribution < -0.4 is 10.2 Å². The smallest absolute Gasteiger partial charge is 0.251 e. The molecule has 3 rings (SSSR count). The van der Waals surface area contributed by atoms with Crippen molar-refractivity contribution in [1.82, 2.24) is 5.32 Å². The summed E-state index contributed by atoms with van der Waals surface area (Å²) in [7, 11) is 0. The lowest BCUT2D eigenvalue weighted by atomic mass is 10.1. The predicted octanol–water partition coefficient (Wildman–Crippen LogP) is 1.44. The fourth-order valence-corrected chi connectivity index (χ4v) is 2.92. The van der Waals surface area contributed by atoms with Gasteiger partial charge in [0.15, 0.2) is 11.0 Å². The van der Waals surface area contributed by atoms with Gasteiger partial charge in [0.1, 0.15) is 5.82 Å². The maximum absolute atomic E-state index is 13.1. The molecule has 1 aromatic rings. The van der Waals surface area contributed by atoms with Crippen molar-refractivity contribution in [3.63, 3.8) is 0 Å². The maximum atomic E-state index is 13.1. The van der Waals surface area contributed by atoms with Gasteiger partial charge in [0.05, 0.1) is 18.3 Å². The van der Waals surface area contributed by atoms with Gasteiger partial charge in [-0.15, -0.1) is 0 Å². The van der Waals surface area contributed by atoms with Crippen molar-refractivity contribution in [2.45, 2.75) is 18.9 Å². The number of halogens is 1. The first-order chi connectivity index (χ1) is 11.6. The van der Waals surface area contributed by atoms with E-state index in [0.29, 0.717) is 12.2 Å². The fraction of sp³-hybridized carbons (Fsp3) is 0.375. The summed E-state index contributed by atoms with van der Waals surface area (Å²) >= 11 is 5.06. The van der Waals surface area contributed by atoms with Crippen molar-refractivity contribution in [2.24, 2.45) is 10.9 Å². The van der Waals surface area contributed by atoms with Crippen molar-refractivity contribution in [3.8, 4) is 0 Å². The first kappa shape index (κ1) is 16.7. The maximum Gasteiger partial charge on any atom is 0.251 e. The lowest BCUT2D eigenvalue weighted by Crippen LogP contribution is -2.58. The van der Waals surface area contributed by atoms with Gasteiger partial charge in [-0.2, -0.15) is 0 Å². The number of carbonyl (C=O) groups is 2. The Morgan fingerprint density at radius 3 is 2.79 bits per heavy atom. The van der Waals surface area contributed by atoms with Crippen LogP contribution in [0.5, 0.6) is 0 Å². The van der Waals surface area contributed by atoms with Crippen LogP contribution in [0.15, 0.2) is 29.3 Å². The quantitative estimate of drug-likeness (QED) is 0.507. The molecule has 6 nitrogen and oxygen atoms in total. The van der Waals surface area contributed by atoms with Crippen LogP contribution in [0.25, 0.3) is 0 Å². The molecule has 0 spiro atoms. The SMILES string of the molecule is O=C1NC(=S)N(c2ccc(F)cc2)C(=O)[C@H]1C=NC[C@@H]1CCCO1. The number of aliphatic imine (C=N–C) groups is 1. The Morgan fingerprint density at radius 1 is 1.38 bits per heavy atom. The second-order valence-corrected chi connectivity index (χ2v) is 5.96. The van der Waals surface area contributed by atoms with Gasteiger partial charge in [0.25, 0.3) is 5.91 Å². The molecule has 1 N–H and O–H groups in total. The average molecular weight is 349 g/mol. The molecule has 0 bridgehead atoms. The van der Waals surface area contributed by atoms with E-state index in [1.807, 2.05) is 0 Å². The van der Waals surface area contributed by atoms with Gasteiger partial charge in [0.2, 0.25) is 5.91 Å². The third-order valence-electron chi connectivity index (χ3n) is 3.87. The molecule has 2 fully saturated rings. The molecule has 2 amide bonds. The molecule has 0 unspecified atom stereocenters. The van der Waals surface area contributed by atoms with Crippen LogP contribution in [-0.2, 0) is 14.3 Å². The van der Waals surface area contributed by atoms with Gasteiger partial charge in [0, 0.05) is 12.8 Å². The third-order valence-corrected chi connectivity index (χ3v) is 4.16. The Hall–Kier alpha value is -2.19. The average Bonchev–Trinajstić information content (AvgIpc) is 3.05. The van der Waals surface area contributed by atoms with E-state index in [2.05, 4.69) is 10.3 Å². The molecule has 2 saturated heterocycles. The highest BCUT2D eigenvalue weighted by Gasteiger charge is 2.38. The van der Waals surface area contributed by atoms with Crippen molar-refractivity contribution in [1.29, 1.82) is 0 Å². The van der Waals surface area contributed by atoms with Crippen LogP contribution in [0.3, 0.4) is 0 Å². The lowest BCUT2D eigenvalue weighted by molar-refractivity contribution is -0.130. The first-order valence-electron chi connectivity index (χ1n) is 7.62. The summed E-state index contributed by atoms with van der Waals surface area (Å²) in [6.07, 6.45) is 3.29. The van der Waals surface area contributed by atoms with Gasteiger partial charge in [-0.05, 0) is 49.3 Å². The van der Waals surface area contributed by atoms with Crippen LogP contribution >= 0.6 is 12.2 Å². The van der Waals surface area contributed by atoms with E-state index in [4.69, 9.17) is 17.0 Å². The van der Waals surface area contributed by atoms with E-state index < -0.39 is 23.5 Å². The summed E-state index contributed by atoms with van der Waals surface area (Å²) in [4.78, 5) is 30.0. The Morgan fingerprint density at radius 2 is 2.12 bits per heavy atom. The minimum atomic E-state index is -1.07. The number of nitrogens with one attached hydrogen (secondary N) is 1. The number of amides is 2. The predicted molar refractivity (Wildman–Crippen MR) is 90.4 cm³/mol. The standard InChI is InChI=1S/C16H16FN3O3S/c17-10-3-5-11(6-4-10)20-15(22)13(14(21)19-16(20)24)9-18-8-12-2-1-7-23-12/h3-6,9,12-13H,1-2,7-8H2,(H,19,21,24)/t12-,13-/m0/s1. The van der Waals surface area contributed by atoms with Crippen LogP contribution in [0, 0.1) is 11.7 Å². The normalized spacial score (nSPS) is 24.7. The van der Waals surface area contributed by atoms with E-state index in [9.17, 15) is 14.0 Å². The van der Waals surface area contributed by atoms with Crippen molar-refractivity contribution in [3.05, 3.63) is 30.1 Å². The minimum absolute atomic E-state index is 0.0274. The second kappa shape index (κ2) is 7.14. The molecule has 2 heterocycles. The number of carbonyl (C=O) groups excluding carboxylic acids is 2. The molecule has 0 radical (unpaired) electrons. The molecule has 24 heavy (non-hydrogen) atoms. The van der Waals surface area contributed by atoms with Crippen molar-refractivity contribution >= 4 is 41.0 Å². The zero-order valence-electron chi connectivity index (χ0n) is 12.8. The number of ether oxygens (including phenoxy) is 1. The molecule has 2 aliphatic rings. The second-order valence-electron chi connectivity index (χ2n) is 5.57. The van der Waals surface area contributed by atoms with Crippen LogP contribution in [-0.4, -0.2) is 42.4 Å². The summed E-state index contributed by atoms with van der Waals surface area (Å²) in [6, 6.07) is 5.31. The van der Waals surface area contributed by atoms with Crippen LogP contribution in [0.2, 0.25) is 0 Å². The zero-order valence-corrected chi connectivity index (χ0v) is 13.6. The van der Waals surface area contributed by atoms with E-state index in [1.54, 1.807) is 0 Å². The van der Waals surface area contributed by atoms with E-state index in [0.717, 1.165) is 19.4 Å². The number of nitrogens with zero attached hydrogens (tertiary/aromatic N) is 2. The topological polar surface area (TPSA) is 71.0 Å². The first-order valence-corrected chi connectivity index (χ1v) is 8.03. The fourth-order valence-electron chi connectivity index (χ4n) is 2.63. The number of thiocarbonyl (C=S) groups is 1. The monoisotopic (exact) mass is 349 g/mol. The van der Waals surface area contributed by atoms with Crippen molar-refractivity contribution < 1.29 is 18.7 Å². The number of hydrogen-bond donors (Lipinski definition) is 1. The number of rotatable bonds is 4. The van der Waals surface area contributed by atoms with Crippen LogP contribution in [0.4, 0.5) is 10.1 Å².